The van der Waals surface area contributed by atoms with Gasteiger partial charge in [-0.3, -0.25) is 0 Å². The Hall–Kier alpha value is -1.75. The van der Waals surface area contributed by atoms with Gasteiger partial charge in [0.25, 0.3) is 0 Å². The highest BCUT2D eigenvalue weighted by molar-refractivity contribution is 9.10. The number of aromatic nitrogens is 1. The molecule has 5 heteroatoms. The first-order valence-corrected chi connectivity index (χ1v) is 5.94. The number of fused-ring (bicyclic) bond motifs is 1. The minimum atomic E-state index is -0.505. The third-order valence-electron chi connectivity index (χ3n) is 2.48. The van der Waals surface area contributed by atoms with Gasteiger partial charge in [-0.1, -0.05) is 22.0 Å². The number of hydrogen-bond acceptors (Lipinski definition) is 2. The summed E-state index contributed by atoms with van der Waals surface area (Å²) in [6.07, 6.45) is 0. The third-order valence-corrected chi connectivity index (χ3v) is 2.94. The van der Waals surface area contributed by atoms with Crippen LogP contribution < -0.4 is 0 Å². The summed E-state index contributed by atoms with van der Waals surface area (Å²) in [5.74, 6) is -0.701. The Balaban J connectivity index is 2.22. The van der Waals surface area contributed by atoms with Gasteiger partial charge in [-0.2, -0.15) is 0 Å². The molecule has 0 radical (unpaired) electrons. The molecule has 0 fully saturated rings. The lowest BCUT2D eigenvalue weighted by atomic mass is 10.2. The summed E-state index contributed by atoms with van der Waals surface area (Å²) in [5, 5.41) is 0. The standard InChI is InChI=1S/C13H6BrF2NO/c14-8-5-10(16)12-11(6-8)17-13(18-12)7-2-1-3-9(15)4-7/h1-6H. The molecule has 0 bridgehead atoms. The highest BCUT2D eigenvalue weighted by Gasteiger charge is 2.13. The molecule has 0 saturated carbocycles. The van der Waals surface area contributed by atoms with Crippen LogP contribution in [0.15, 0.2) is 45.3 Å². The van der Waals surface area contributed by atoms with E-state index in [2.05, 4.69) is 20.9 Å². The Morgan fingerprint density at radius 3 is 2.72 bits per heavy atom. The van der Waals surface area contributed by atoms with Crippen molar-refractivity contribution >= 4 is 27.0 Å². The van der Waals surface area contributed by atoms with Gasteiger partial charge in [0.15, 0.2) is 11.4 Å². The number of benzene rings is 2. The largest absolute Gasteiger partial charge is 0.433 e. The molecule has 1 heterocycles. The van der Waals surface area contributed by atoms with Crippen LogP contribution >= 0.6 is 15.9 Å². The van der Waals surface area contributed by atoms with Gasteiger partial charge in [-0.05, 0) is 30.3 Å². The number of nitrogens with zero attached hydrogens (tertiary/aromatic N) is 1. The van der Waals surface area contributed by atoms with E-state index in [1.54, 1.807) is 18.2 Å². The first-order chi connectivity index (χ1) is 8.63. The summed E-state index contributed by atoms with van der Waals surface area (Å²) < 4.78 is 32.6. The highest BCUT2D eigenvalue weighted by atomic mass is 79.9. The molecule has 0 spiro atoms. The summed E-state index contributed by atoms with van der Waals surface area (Å²) in [6, 6.07) is 8.75. The van der Waals surface area contributed by atoms with Crippen LogP contribution in [-0.4, -0.2) is 4.98 Å². The van der Waals surface area contributed by atoms with Gasteiger partial charge in [0.1, 0.15) is 11.3 Å². The molecule has 0 aliphatic carbocycles. The first kappa shape index (κ1) is 11.3. The zero-order chi connectivity index (χ0) is 12.7. The molecule has 3 aromatic rings. The van der Waals surface area contributed by atoms with Gasteiger partial charge in [-0.15, -0.1) is 0 Å². The van der Waals surface area contributed by atoms with Crippen LogP contribution in [0, 0.1) is 11.6 Å². The topological polar surface area (TPSA) is 26.0 Å². The summed E-state index contributed by atoms with van der Waals surface area (Å²) in [4.78, 5) is 4.14. The second-order valence-corrected chi connectivity index (χ2v) is 4.68. The Kier molecular flexibility index (Phi) is 2.63. The smallest absolute Gasteiger partial charge is 0.227 e. The maximum atomic E-state index is 13.6. The van der Waals surface area contributed by atoms with E-state index < -0.39 is 11.6 Å². The van der Waals surface area contributed by atoms with Gasteiger partial charge < -0.3 is 4.42 Å². The van der Waals surface area contributed by atoms with E-state index in [4.69, 9.17) is 4.42 Å². The van der Waals surface area contributed by atoms with Crippen LogP contribution in [0.5, 0.6) is 0 Å². The quantitative estimate of drug-likeness (QED) is 0.660. The van der Waals surface area contributed by atoms with Gasteiger partial charge in [-0.25, -0.2) is 13.8 Å². The van der Waals surface area contributed by atoms with Crippen molar-refractivity contribution in [1.82, 2.24) is 4.98 Å². The van der Waals surface area contributed by atoms with E-state index in [1.807, 2.05) is 0 Å². The lowest BCUT2D eigenvalue weighted by Crippen LogP contribution is -1.79. The fraction of sp³-hybridized carbons (Fsp3) is 0. The van der Waals surface area contributed by atoms with Crippen molar-refractivity contribution in [3.05, 3.63) is 52.5 Å². The average molecular weight is 310 g/mol. The van der Waals surface area contributed by atoms with Crippen molar-refractivity contribution in [2.75, 3.05) is 0 Å². The van der Waals surface area contributed by atoms with Crippen LogP contribution in [0.1, 0.15) is 0 Å². The van der Waals surface area contributed by atoms with Crippen molar-refractivity contribution in [3.8, 4) is 11.5 Å². The fourth-order valence-corrected chi connectivity index (χ4v) is 2.12. The lowest BCUT2D eigenvalue weighted by Gasteiger charge is -1.94. The van der Waals surface area contributed by atoms with Crippen molar-refractivity contribution in [2.45, 2.75) is 0 Å². The lowest BCUT2D eigenvalue weighted by molar-refractivity contribution is 0.563. The zero-order valence-corrected chi connectivity index (χ0v) is 10.5. The van der Waals surface area contributed by atoms with Gasteiger partial charge in [0.05, 0.1) is 0 Å². The maximum absolute atomic E-state index is 13.6. The van der Waals surface area contributed by atoms with E-state index in [-0.39, 0.29) is 11.5 Å². The Bertz CT molecular complexity index is 739. The number of halogens is 3. The van der Waals surface area contributed by atoms with E-state index in [0.717, 1.165) is 0 Å². The van der Waals surface area contributed by atoms with Gasteiger partial charge in [0, 0.05) is 10.0 Å². The molecule has 18 heavy (non-hydrogen) atoms. The maximum Gasteiger partial charge on any atom is 0.227 e. The SMILES string of the molecule is Fc1cccc(-c2nc3cc(Br)cc(F)c3o2)c1. The van der Waals surface area contributed by atoms with E-state index >= 15 is 0 Å². The highest BCUT2D eigenvalue weighted by Crippen LogP contribution is 2.28. The molecular weight excluding hydrogens is 304 g/mol. The normalized spacial score (nSPS) is 11.1. The summed E-state index contributed by atoms with van der Waals surface area (Å²) in [5.41, 5.74) is 0.931. The average Bonchev–Trinajstić information content (AvgIpc) is 2.73. The molecule has 3 rings (SSSR count). The molecule has 1 aromatic heterocycles. The van der Waals surface area contributed by atoms with Crippen molar-refractivity contribution in [3.63, 3.8) is 0 Å². The number of rotatable bonds is 1. The molecule has 0 unspecified atom stereocenters. The molecule has 0 amide bonds. The minimum absolute atomic E-state index is 0.0671. The monoisotopic (exact) mass is 309 g/mol. The molecule has 0 saturated heterocycles. The van der Waals surface area contributed by atoms with Crippen molar-refractivity contribution in [1.29, 1.82) is 0 Å². The minimum Gasteiger partial charge on any atom is -0.433 e. The molecule has 0 aliphatic heterocycles. The second kappa shape index (κ2) is 4.17. The molecule has 0 atom stereocenters. The van der Waals surface area contributed by atoms with Crippen LogP contribution in [-0.2, 0) is 0 Å². The Labute approximate surface area is 109 Å². The molecule has 0 aliphatic rings. The Morgan fingerprint density at radius 2 is 1.94 bits per heavy atom. The predicted octanol–water partition coefficient (Wildman–Crippen LogP) is 4.54. The summed E-state index contributed by atoms with van der Waals surface area (Å²) in [7, 11) is 0. The van der Waals surface area contributed by atoms with Crippen LogP contribution in [0.4, 0.5) is 8.78 Å². The predicted molar refractivity (Wildman–Crippen MR) is 67.1 cm³/mol. The molecule has 0 N–H and O–H groups in total. The third kappa shape index (κ3) is 1.90. The van der Waals surface area contributed by atoms with Crippen LogP contribution in [0.2, 0.25) is 0 Å². The fourth-order valence-electron chi connectivity index (χ4n) is 1.70. The molecule has 2 aromatic carbocycles. The second-order valence-electron chi connectivity index (χ2n) is 3.77. The van der Waals surface area contributed by atoms with Crippen LogP contribution in [0.3, 0.4) is 0 Å². The molecule has 90 valence electrons. The Morgan fingerprint density at radius 1 is 1.11 bits per heavy atom. The van der Waals surface area contributed by atoms with E-state index in [1.165, 1.54) is 18.2 Å². The van der Waals surface area contributed by atoms with E-state index in [0.29, 0.717) is 15.6 Å². The summed E-state index contributed by atoms with van der Waals surface area (Å²) >= 11 is 3.18. The number of hydrogen-bond donors (Lipinski definition) is 0. The van der Waals surface area contributed by atoms with Crippen molar-refractivity contribution < 1.29 is 13.2 Å². The summed E-state index contributed by atoms with van der Waals surface area (Å²) in [6.45, 7) is 0. The zero-order valence-electron chi connectivity index (χ0n) is 8.95. The first-order valence-electron chi connectivity index (χ1n) is 5.15. The van der Waals surface area contributed by atoms with E-state index in [9.17, 15) is 8.78 Å². The van der Waals surface area contributed by atoms with Crippen molar-refractivity contribution in [2.24, 2.45) is 0 Å². The number of oxazole rings is 1. The van der Waals surface area contributed by atoms with Gasteiger partial charge >= 0.3 is 0 Å². The molecule has 2 nitrogen and oxygen atoms in total. The molecular formula is C13H6BrF2NO. The van der Waals surface area contributed by atoms with Crippen LogP contribution in [0.25, 0.3) is 22.6 Å². The van der Waals surface area contributed by atoms with Gasteiger partial charge in [0.2, 0.25) is 5.89 Å².